The van der Waals surface area contributed by atoms with Gasteiger partial charge in [-0.25, -0.2) is 13.8 Å². The van der Waals surface area contributed by atoms with Gasteiger partial charge in [0.1, 0.15) is 4.60 Å². The normalized spacial score (nSPS) is 10.8. The molecule has 0 aliphatic heterocycles. The summed E-state index contributed by atoms with van der Waals surface area (Å²) in [6, 6.07) is 1.28. The molecule has 0 saturated heterocycles. The number of nitrogens with two attached hydrogens (primary N) is 1. The number of rotatable bonds is 2. The molecule has 0 radical (unpaired) electrons. The zero-order chi connectivity index (χ0) is 9.14. The van der Waals surface area contributed by atoms with Crippen LogP contribution in [0.25, 0.3) is 0 Å². The maximum Gasteiger partial charge on any atom is 0.264 e. The number of pyridine rings is 1. The maximum atomic E-state index is 12.3. The smallest absolute Gasteiger partial charge is 0.264 e. The third kappa shape index (κ3) is 1.78. The molecule has 5 heteroatoms. The fraction of sp³-hybridized carbons (Fsp3) is 0.286. The molecule has 0 aromatic carbocycles. The van der Waals surface area contributed by atoms with E-state index in [4.69, 9.17) is 5.73 Å². The Hall–Kier alpha value is -0.550. The molecule has 0 bridgehead atoms. The van der Waals surface area contributed by atoms with Crippen LogP contribution in [0.15, 0.2) is 16.9 Å². The quantitative estimate of drug-likeness (QED) is 0.801. The van der Waals surface area contributed by atoms with Crippen LogP contribution in [-0.4, -0.2) is 4.98 Å². The van der Waals surface area contributed by atoms with Crippen LogP contribution in [-0.2, 0) is 6.54 Å². The van der Waals surface area contributed by atoms with Gasteiger partial charge in [-0.05, 0) is 22.0 Å². The molecule has 66 valence electrons. The van der Waals surface area contributed by atoms with Gasteiger partial charge < -0.3 is 5.73 Å². The van der Waals surface area contributed by atoms with Crippen molar-refractivity contribution in [1.29, 1.82) is 0 Å². The Labute approximate surface area is 76.9 Å². The largest absolute Gasteiger partial charge is 0.326 e. The standard InChI is InChI=1S/C7H7BrF2N2/c8-6-5(3-11)4(7(9)10)1-2-12-6/h1-2,7H,3,11H2. The van der Waals surface area contributed by atoms with Crippen molar-refractivity contribution in [2.75, 3.05) is 0 Å². The van der Waals surface area contributed by atoms with Crippen LogP contribution in [0.1, 0.15) is 17.6 Å². The predicted octanol–water partition coefficient (Wildman–Crippen LogP) is 2.24. The Morgan fingerprint density at radius 1 is 1.58 bits per heavy atom. The molecular weight excluding hydrogens is 230 g/mol. The Morgan fingerprint density at radius 3 is 2.67 bits per heavy atom. The highest BCUT2D eigenvalue weighted by Crippen LogP contribution is 2.26. The first-order chi connectivity index (χ1) is 5.66. The molecule has 12 heavy (non-hydrogen) atoms. The number of hydrogen-bond acceptors (Lipinski definition) is 2. The number of aromatic nitrogens is 1. The Kier molecular flexibility index (Phi) is 3.11. The lowest BCUT2D eigenvalue weighted by Gasteiger charge is -2.06. The van der Waals surface area contributed by atoms with Crippen molar-refractivity contribution in [3.8, 4) is 0 Å². The van der Waals surface area contributed by atoms with Crippen molar-refractivity contribution < 1.29 is 8.78 Å². The predicted molar refractivity (Wildman–Crippen MR) is 44.8 cm³/mol. The molecule has 0 fully saturated rings. The highest BCUT2D eigenvalue weighted by atomic mass is 79.9. The summed E-state index contributed by atoms with van der Waals surface area (Å²) < 4.78 is 25.0. The van der Waals surface area contributed by atoms with E-state index in [0.717, 1.165) is 0 Å². The summed E-state index contributed by atoms with van der Waals surface area (Å²) >= 11 is 3.05. The molecular formula is C7H7BrF2N2. The summed E-state index contributed by atoms with van der Waals surface area (Å²) in [5, 5.41) is 0. The van der Waals surface area contributed by atoms with Gasteiger partial charge in [0, 0.05) is 23.9 Å². The lowest BCUT2D eigenvalue weighted by atomic mass is 10.1. The molecule has 1 heterocycles. The molecule has 2 nitrogen and oxygen atoms in total. The first kappa shape index (κ1) is 9.54. The van der Waals surface area contributed by atoms with Crippen LogP contribution in [0.2, 0.25) is 0 Å². The zero-order valence-corrected chi connectivity index (χ0v) is 7.68. The maximum absolute atomic E-state index is 12.3. The second kappa shape index (κ2) is 3.91. The minimum atomic E-state index is -2.50. The summed E-state index contributed by atoms with van der Waals surface area (Å²) in [4.78, 5) is 3.80. The highest BCUT2D eigenvalue weighted by molar-refractivity contribution is 9.10. The summed E-state index contributed by atoms with van der Waals surface area (Å²) in [6.45, 7) is 0.0636. The number of halogens is 3. The van der Waals surface area contributed by atoms with E-state index in [9.17, 15) is 8.78 Å². The van der Waals surface area contributed by atoms with Crippen molar-refractivity contribution in [2.24, 2.45) is 5.73 Å². The van der Waals surface area contributed by atoms with Gasteiger partial charge in [0.2, 0.25) is 0 Å². The Balaban J connectivity index is 3.18. The van der Waals surface area contributed by atoms with E-state index in [0.29, 0.717) is 10.2 Å². The molecule has 1 aromatic heterocycles. The molecule has 1 aromatic rings. The van der Waals surface area contributed by atoms with E-state index in [2.05, 4.69) is 20.9 Å². The van der Waals surface area contributed by atoms with Gasteiger partial charge in [0.15, 0.2) is 0 Å². The number of alkyl halides is 2. The van der Waals surface area contributed by atoms with Gasteiger partial charge in [0.25, 0.3) is 6.43 Å². The van der Waals surface area contributed by atoms with Crippen molar-refractivity contribution in [2.45, 2.75) is 13.0 Å². The van der Waals surface area contributed by atoms with E-state index in [-0.39, 0.29) is 12.1 Å². The highest BCUT2D eigenvalue weighted by Gasteiger charge is 2.14. The summed E-state index contributed by atoms with van der Waals surface area (Å²) in [6.07, 6.45) is -1.17. The van der Waals surface area contributed by atoms with E-state index in [1.165, 1.54) is 12.3 Å². The van der Waals surface area contributed by atoms with Crippen molar-refractivity contribution in [1.82, 2.24) is 4.98 Å². The average Bonchev–Trinajstić information content (AvgIpc) is 2.03. The minimum absolute atomic E-state index is 0.0561. The SMILES string of the molecule is NCc1c(C(F)F)ccnc1Br. The van der Waals surface area contributed by atoms with Crippen LogP contribution < -0.4 is 5.73 Å². The van der Waals surface area contributed by atoms with Crippen LogP contribution in [0.4, 0.5) is 8.78 Å². The van der Waals surface area contributed by atoms with Gasteiger partial charge in [0.05, 0.1) is 0 Å². The monoisotopic (exact) mass is 236 g/mol. The molecule has 0 spiro atoms. The average molecular weight is 237 g/mol. The molecule has 0 saturated carbocycles. The Bertz CT molecular complexity index is 278. The number of hydrogen-bond donors (Lipinski definition) is 1. The van der Waals surface area contributed by atoms with Gasteiger partial charge in [-0.2, -0.15) is 0 Å². The summed E-state index contributed by atoms with van der Waals surface area (Å²) in [5.74, 6) is 0. The summed E-state index contributed by atoms with van der Waals surface area (Å²) in [5.41, 5.74) is 5.60. The Morgan fingerprint density at radius 2 is 2.25 bits per heavy atom. The van der Waals surface area contributed by atoms with Crippen LogP contribution in [0, 0.1) is 0 Å². The molecule has 0 amide bonds. The van der Waals surface area contributed by atoms with Gasteiger partial charge >= 0.3 is 0 Å². The lowest BCUT2D eigenvalue weighted by molar-refractivity contribution is 0.150. The van der Waals surface area contributed by atoms with Crippen molar-refractivity contribution in [3.05, 3.63) is 28.0 Å². The molecule has 2 N–H and O–H groups in total. The third-order valence-corrected chi connectivity index (χ3v) is 2.16. The van der Waals surface area contributed by atoms with Gasteiger partial charge in [-0.15, -0.1) is 0 Å². The van der Waals surface area contributed by atoms with Crippen LogP contribution in [0.5, 0.6) is 0 Å². The van der Waals surface area contributed by atoms with Crippen LogP contribution in [0.3, 0.4) is 0 Å². The molecule has 0 atom stereocenters. The minimum Gasteiger partial charge on any atom is -0.326 e. The number of nitrogens with zero attached hydrogens (tertiary/aromatic N) is 1. The molecule has 0 aliphatic rings. The summed E-state index contributed by atoms with van der Waals surface area (Å²) in [7, 11) is 0. The third-order valence-electron chi connectivity index (χ3n) is 1.48. The zero-order valence-electron chi connectivity index (χ0n) is 6.10. The molecule has 0 aliphatic carbocycles. The van der Waals surface area contributed by atoms with Gasteiger partial charge in [-0.3, -0.25) is 0 Å². The van der Waals surface area contributed by atoms with Crippen molar-refractivity contribution in [3.63, 3.8) is 0 Å². The second-order valence-electron chi connectivity index (χ2n) is 2.17. The van der Waals surface area contributed by atoms with Gasteiger partial charge in [-0.1, -0.05) is 0 Å². The molecule has 0 unspecified atom stereocenters. The fourth-order valence-corrected chi connectivity index (χ4v) is 1.40. The lowest BCUT2D eigenvalue weighted by Crippen LogP contribution is -2.04. The van der Waals surface area contributed by atoms with E-state index < -0.39 is 6.43 Å². The van der Waals surface area contributed by atoms with Crippen molar-refractivity contribution >= 4 is 15.9 Å². The first-order valence-corrected chi connectivity index (χ1v) is 4.07. The topological polar surface area (TPSA) is 38.9 Å². The van der Waals surface area contributed by atoms with E-state index in [1.807, 2.05) is 0 Å². The fourth-order valence-electron chi connectivity index (χ4n) is 0.887. The first-order valence-electron chi connectivity index (χ1n) is 3.28. The second-order valence-corrected chi connectivity index (χ2v) is 2.93. The van der Waals surface area contributed by atoms with E-state index in [1.54, 1.807) is 0 Å². The van der Waals surface area contributed by atoms with E-state index >= 15 is 0 Å². The van der Waals surface area contributed by atoms with Crippen LogP contribution >= 0.6 is 15.9 Å². The molecule has 1 rings (SSSR count).